The summed E-state index contributed by atoms with van der Waals surface area (Å²) in [6, 6.07) is 12.3. The summed E-state index contributed by atoms with van der Waals surface area (Å²) in [4.78, 5) is 12.1. The molecule has 0 saturated carbocycles. The topological polar surface area (TPSA) is 47.6 Å². The number of nitrogens with one attached hydrogen (secondary N) is 1. The van der Waals surface area contributed by atoms with Crippen LogP contribution in [0.1, 0.15) is 43.4 Å². The molecule has 4 heteroatoms. The summed E-state index contributed by atoms with van der Waals surface area (Å²) >= 11 is 0. The smallest absolute Gasteiger partial charge is 0.313 e. The lowest BCUT2D eigenvalue weighted by molar-refractivity contribution is -0.144. The van der Waals surface area contributed by atoms with Gasteiger partial charge in [-0.25, -0.2) is 0 Å². The van der Waals surface area contributed by atoms with Crippen LogP contribution in [0.5, 0.6) is 5.75 Å². The van der Waals surface area contributed by atoms with Crippen LogP contribution in [-0.4, -0.2) is 26.2 Å². The molecular weight excluding hydrogens is 326 g/mol. The highest BCUT2D eigenvalue weighted by Gasteiger charge is 2.19. The van der Waals surface area contributed by atoms with Crippen molar-refractivity contribution in [3.05, 3.63) is 53.1 Å². The molecule has 1 N–H and O–H groups in total. The van der Waals surface area contributed by atoms with Gasteiger partial charge in [0.05, 0.1) is 19.6 Å². The number of hydrogen-bond donors (Lipinski definition) is 1. The van der Waals surface area contributed by atoms with Crippen LogP contribution in [0, 0.1) is 6.92 Å². The molecule has 2 aromatic carbocycles. The third-order valence-electron chi connectivity index (χ3n) is 4.48. The first-order chi connectivity index (χ1) is 12.5. The molecule has 0 fully saturated rings. The van der Waals surface area contributed by atoms with Crippen LogP contribution in [0.25, 0.3) is 11.1 Å². The van der Waals surface area contributed by atoms with E-state index in [2.05, 4.69) is 37.4 Å². The van der Waals surface area contributed by atoms with Gasteiger partial charge in [0.25, 0.3) is 0 Å². The second-order valence-corrected chi connectivity index (χ2v) is 6.37. The third kappa shape index (κ3) is 4.64. The van der Waals surface area contributed by atoms with Crippen molar-refractivity contribution in [2.75, 3.05) is 20.3 Å². The van der Waals surface area contributed by atoms with Crippen LogP contribution in [0.15, 0.2) is 36.4 Å². The quantitative estimate of drug-likeness (QED) is 0.711. The number of hydrogen-bond acceptors (Lipinski definition) is 4. The van der Waals surface area contributed by atoms with Crippen molar-refractivity contribution in [2.24, 2.45) is 0 Å². The molecule has 2 rings (SSSR count). The fourth-order valence-corrected chi connectivity index (χ4v) is 3.00. The van der Waals surface area contributed by atoms with Gasteiger partial charge in [0.2, 0.25) is 0 Å². The minimum atomic E-state index is -0.317. The van der Waals surface area contributed by atoms with Gasteiger partial charge in [0.1, 0.15) is 5.75 Å². The number of esters is 1. The molecule has 0 amide bonds. The molecule has 0 aromatic heterocycles. The molecule has 26 heavy (non-hydrogen) atoms. The Morgan fingerprint density at radius 2 is 1.88 bits per heavy atom. The first kappa shape index (κ1) is 20.0. The van der Waals surface area contributed by atoms with E-state index < -0.39 is 0 Å². The summed E-state index contributed by atoms with van der Waals surface area (Å²) in [5.41, 5.74) is 5.47. The molecule has 1 atom stereocenters. The fourth-order valence-electron chi connectivity index (χ4n) is 3.00. The molecule has 0 aliphatic rings. The molecule has 4 nitrogen and oxygen atoms in total. The monoisotopic (exact) mass is 355 g/mol. The Morgan fingerprint density at radius 3 is 2.54 bits per heavy atom. The summed E-state index contributed by atoms with van der Waals surface area (Å²) in [7, 11) is 1.67. The number of rotatable bonds is 8. The predicted octanol–water partition coefficient (Wildman–Crippen LogP) is 4.45. The maximum Gasteiger partial charge on any atom is 0.313 e. The maximum absolute atomic E-state index is 12.1. The lowest BCUT2D eigenvalue weighted by Gasteiger charge is -2.17. The van der Waals surface area contributed by atoms with Gasteiger partial charge in [0.15, 0.2) is 0 Å². The predicted molar refractivity (Wildman–Crippen MR) is 106 cm³/mol. The van der Waals surface area contributed by atoms with Gasteiger partial charge in [0, 0.05) is 12.1 Å². The van der Waals surface area contributed by atoms with E-state index in [1.807, 2.05) is 32.0 Å². The summed E-state index contributed by atoms with van der Waals surface area (Å²) in [6.07, 6.45) is 0. The first-order valence-electron chi connectivity index (χ1n) is 9.16. The minimum Gasteiger partial charge on any atom is -0.496 e. The molecule has 0 aliphatic carbocycles. The van der Waals surface area contributed by atoms with Crippen LogP contribution in [0.2, 0.25) is 0 Å². The summed E-state index contributed by atoms with van der Waals surface area (Å²) in [5, 5.41) is 3.40. The molecule has 140 valence electrons. The number of carbonyl (C=O) groups is 1. The van der Waals surface area contributed by atoms with Crippen molar-refractivity contribution in [3.8, 4) is 16.9 Å². The van der Waals surface area contributed by atoms with E-state index in [0.29, 0.717) is 6.61 Å². The normalized spacial score (nSPS) is 11.9. The second-order valence-electron chi connectivity index (χ2n) is 6.37. The molecule has 0 saturated heterocycles. The van der Waals surface area contributed by atoms with E-state index in [1.54, 1.807) is 7.11 Å². The van der Waals surface area contributed by atoms with Gasteiger partial charge in [-0.15, -0.1) is 0 Å². The highest BCUT2D eigenvalue weighted by Crippen LogP contribution is 2.35. The number of ether oxygens (including phenoxy) is 2. The second kappa shape index (κ2) is 9.39. The van der Waals surface area contributed by atoms with Gasteiger partial charge in [-0.1, -0.05) is 36.8 Å². The van der Waals surface area contributed by atoms with Crippen molar-refractivity contribution < 1.29 is 14.3 Å². The Labute approximate surface area is 156 Å². The molecular formula is C22H29NO3. The van der Waals surface area contributed by atoms with Crippen molar-refractivity contribution in [1.29, 1.82) is 0 Å². The van der Waals surface area contributed by atoms with Gasteiger partial charge in [-0.3, -0.25) is 4.79 Å². The largest absolute Gasteiger partial charge is 0.496 e. The van der Waals surface area contributed by atoms with Crippen LogP contribution < -0.4 is 10.1 Å². The molecule has 0 bridgehead atoms. The van der Waals surface area contributed by atoms with Gasteiger partial charge >= 0.3 is 5.97 Å². The zero-order chi connectivity index (χ0) is 19.1. The van der Waals surface area contributed by atoms with Gasteiger partial charge in [-0.05, 0) is 56.1 Å². The summed E-state index contributed by atoms with van der Waals surface area (Å²) in [5.74, 6) is 0.272. The molecule has 0 radical (unpaired) electrons. The van der Waals surface area contributed by atoms with Crippen molar-refractivity contribution in [3.63, 3.8) is 0 Å². The Hall–Kier alpha value is -2.33. The van der Waals surface area contributed by atoms with Crippen molar-refractivity contribution in [2.45, 2.75) is 40.2 Å². The molecule has 0 spiro atoms. The SMILES string of the molecule is CCNCc1cc(C)ccc1-c1cc(C(C)C(=O)OCC)ccc1OC. The zero-order valence-corrected chi connectivity index (χ0v) is 16.4. The maximum atomic E-state index is 12.1. The summed E-state index contributed by atoms with van der Waals surface area (Å²) in [6.45, 7) is 9.96. The molecule has 2 aromatic rings. The van der Waals surface area contributed by atoms with Gasteiger partial charge in [-0.2, -0.15) is 0 Å². The standard InChI is InChI=1S/C22H29NO3/c1-6-23-14-18-12-15(3)8-10-19(18)20-13-17(9-11-21(20)25-5)16(4)22(24)26-7-2/h8-13,16,23H,6-7,14H2,1-5H3. The van der Waals surface area contributed by atoms with E-state index in [4.69, 9.17) is 9.47 Å². The Kier molecular flexibility index (Phi) is 7.22. The van der Waals surface area contributed by atoms with Crippen LogP contribution >= 0.6 is 0 Å². The van der Waals surface area contributed by atoms with Crippen LogP contribution in [0.4, 0.5) is 0 Å². The zero-order valence-electron chi connectivity index (χ0n) is 16.4. The number of carbonyl (C=O) groups excluding carboxylic acids is 1. The molecule has 0 aliphatic heterocycles. The Balaban J connectivity index is 2.51. The van der Waals surface area contributed by atoms with Crippen LogP contribution in [0.3, 0.4) is 0 Å². The van der Waals surface area contributed by atoms with E-state index in [9.17, 15) is 4.79 Å². The minimum absolute atomic E-state index is 0.208. The van der Waals surface area contributed by atoms with E-state index in [1.165, 1.54) is 11.1 Å². The number of methoxy groups -OCH3 is 1. The number of benzene rings is 2. The Morgan fingerprint density at radius 1 is 1.12 bits per heavy atom. The van der Waals surface area contributed by atoms with Crippen molar-refractivity contribution in [1.82, 2.24) is 5.32 Å². The average Bonchev–Trinajstić information content (AvgIpc) is 2.65. The molecule has 1 unspecified atom stereocenters. The highest BCUT2D eigenvalue weighted by molar-refractivity contribution is 5.80. The average molecular weight is 355 g/mol. The number of aryl methyl sites for hydroxylation is 1. The van der Waals surface area contributed by atoms with Crippen molar-refractivity contribution >= 4 is 5.97 Å². The lowest BCUT2D eigenvalue weighted by Crippen LogP contribution is -2.14. The van der Waals surface area contributed by atoms with Gasteiger partial charge < -0.3 is 14.8 Å². The Bertz CT molecular complexity index is 755. The van der Waals surface area contributed by atoms with E-state index in [0.717, 1.165) is 35.5 Å². The first-order valence-corrected chi connectivity index (χ1v) is 9.16. The molecule has 0 heterocycles. The van der Waals surface area contributed by atoms with Crippen LogP contribution in [-0.2, 0) is 16.1 Å². The van der Waals surface area contributed by atoms with E-state index in [-0.39, 0.29) is 11.9 Å². The fraction of sp³-hybridized carbons (Fsp3) is 0.409. The highest BCUT2D eigenvalue weighted by atomic mass is 16.5. The third-order valence-corrected chi connectivity index (χ3v) is 4.48. The van der Waals surface area contributed by atoms with E-state index >= 15 is 0 Å². The lowest BCUT2D eigenvalue weighted by atomic mass is 9.92. The summed E-state index contributed by atoms with van der Waals surface area (Å²) < 4.78 is 10.8.